The van der Waals surface area contributed by atoms with Gasteiger partial charge >= 0.3 is 10.1 Å². The summed E-state index contributed by atoms with van der Waals surface area (Å²) in [7, 11) is -4.65. The molecule has 82 valence electrons. The van der Waals surface area contributed by atoms with Gasteiger partial charge in [0.25, 0.3) is 5.69 Å². The number of nitrogens with zero attached hydrogens (tertiary/aromatic N) is 1. The molecule has 1 rings (SSSR count). The van der Waals surface area contributed by atoms with E-state index in [0.717, 1.165) is 6.07 Å². The summed E-state index contributed by atoms with van der Waals surface area (Å²) < 4.78 is 30.5. The lowest BCUT2D eigenvalue weighted by Gasteiger charge is -2.03. The van der Waals surface area contributed by atoms with E-state index >= 15 is 0 Å². The second-order valence-corrected chi connectivity index (χ2v) is 4.63. The molecule has 1 N–H and O–H groups in total. The monoisotopic (exact) mass is 251 g/mol. The van der Waals surface area contributed by atoms with Crippen molar-refractivity contribution in [3.8, 4) is 0 Å². The van der Waals surface area contributed by atoms with E-state index in [4.69, 9.17) is 16.2 Å². The summed E-state index contributed by atoms with van der Waals surface area (Å²) in [5.74, 6) is 0. The Morgan fingerprint density at radius 3 is 2.40 bits per heavy atom. The molecule has 0 saturated carbocycles. The Bertz CT molecular complexity index is 524. The maximum atomic E-state index is 10.9. The van der Waals surface area contributed by atoms with E-state index in [1.54, 1.807) is 0 Å². The van der Waals surface area contributed by atoms with Crippen LogP contribution in [0, 0.1) is 17.0 Å². The minimum atomic E-state index is -4.65. The van der Waals surface area contributed by atoms with Gasteiger partial charge in [0.15, 0.2) is 4.90 Å². The van der Waals surface area contributed by atoms with Gasteiger partial charge in [-0.1, -0.05) is 11.6 Å². The highest BCUT2D eigenvalue weighted by atomic mass is 35.5. The van der Waals surface area contributed by atoms with Crippen molar-refractivity contribution in [2.24, 2.45) is 0 Å². The molecule has 1 aromatic carbocycles. The van der Waals surface area contributed by atoms with Gasteiger partial charge in [-0.05, 0) is 19.1 Å². The number of hydrogen-bond donors (Lipinski definition) is 1. The molecule has 15 heavy (non-hydrogen) atoms. The van der Waals surface area contributed by atoms with E-state index in [2.05, 4.69) is 0 Å². The van der Waals surface area contributed by atoms with Crippen molar-refractivity contribution in [2.45, 2.75) is 11.8 Å². The summed E-state index contributed by atoms with van der Waals surface area (Å²) in [4.78, 5) is 8.91. The first kappa shape index (κ1) is 11.9. The number of nitro groups is 1. The van der Waals surface area contributed by atoms with E-state index < -0.39 is 25.6 Å². The average molecular weight is 252 g/mol. The third kappa shape index (κ3) is 2.44. The van der Waals surface area contributed by atoms with Crippen molar-refractivity contribution in [1.29, 1.82) is 0 Å². The highest BCUT2D eigenvalue weighted by Gasteiger charge is 2.26. The van der Waals surface area contributed by atoms with Crippen molar-refractivity contribution in [3.05, 3.63) is 32.8 Å². The summed E-state index contributed by atoms with van der Waals surface area (Å²) in [6, 6.07) is 2.08. The van der Waals surface area contributed by atoms with Gasteiger partial charge in [-0.25, -0.2) is 0 Å². The topological polar surface area (TPSA) is 97.5 Å². The van der Waals surface area contributed by atoms with Crippen LogP contribution >= 0.6 is 11.6 Å². The van der Waals surface area contributed by atoms with E-state index in [0.29, 0.717) is 0 Å². The van der Waals surface area contributed by atoms with Crippen LogP contribution in [0.2, 0.25) is 5.02 Å². The number of hydrogen-bond acceptors (Lipinski definition) is 4. The van der Waals surface area contributed by atoms with Crippen molar-refractivity contribution >= 4 is 27.4 Å². The van der Waals surface area contributed by atoms with Gasteiger partial charge in [-0.3, -0.25) is 14.7 Å². The van der Waals surface area contributed by atoms with Gasteiger partial charge in [-0.2, -0.15) is 8.42 Å². The molecule has 6 nitrogen and oxygen atoms in total. The maximum absolute atomic E-state index is 10.9. The summed E-state index contributed by atoms with van der Waals surface area (Å²) >= 11 is 5.53. The molecular formula is C7H6ClNO5S. The van der Waals surface area contributed by atoms with Gasteiger partial charge in [0.2, 0.25) is 0 Å². The largest absolute Gasteiger partial charge is 0.301 e. The SMILES string of the molecule is Cc1cc(Cl)cc(S(=O)(=O)O)c1[N+](=O)[O-]. The van der Waals surface area contributed by atoms with Gasteiger partial charge in [-0.15, -0.1) is 0 Å². The van der Waals surface area contributed by atoms with Crippen LogP contribution < -0.4 is 0 Å². The van der Waals surface area contributed by atoms with E-state index in [1.165, 1.54) is 13.0 Å². The van der Waals surface area contributed by atoms with Crippen LogP contribution in [-0.2, 0) is 10.1 Å². The number of benzene rings is 1. The molecule has 0 saturated heterocycles. The smallest absolute Gasteiger partial charge is 0.282 e. The zero-order valence-corrected chi connectivity index (χ0v) is 9.04. The quantitative estimate of drug-likeness (QED) is 0.491. The molecule has 1 aromatic rings. The molecule has 0 bridgehead atoms. The van der Waals surface area contributed by atoms with Crippen molar-refractivity contribution in [1.82, 2.24) is 0 Å². The minimum absolute atomic E-state index is 0.00530. The van der Waals surface area contributed by atoms with E-state index in [1.807, 2.05) is 0 Å². The Kier molecular flexibility index (Phi) is 2.98. The third-order valence-corrected chi connectivity index (χ3v) is 2.78. The molecule has 0 radical (unpaired) electrons. The Morgan fingerprint density at radius 1 is 1.47 bits per heavy atom. The molecule has 0 heterocycles. The fraction of sp³-hybridized carbons (Fsp3) is 0.143. The molecule has 0 aromatic heterocycles. The molecule has 0 aliphatic rings. The third-order valence-electron chi connectivity index (χ3n) is 1.69. The van der Waals surface area contributed by atoms with Crippen LogP contribution in [0.15, 0.2) is 17.0 Å². The first-order valence-electron chi connectivity index (χ1n) is 3.65. The number of nitro benzene ring substituents is 1. The summed E-state index contributed by atoms with van der Waals surface area (Å²) in [6.45, 7) is 1.33. The second kappa shape index (κ2) is 3.76. The van der Waals surface area contributed by atoms with Gasteiger partial charge < -0.3 is 0 Å². The van der Waals surface area contributed by atoms with Crippen molar-refractivity contribution in [2.75, 3.05) is 0 Å². The Hall–Kier alpha value is -1.18. The van der Waals surface area contributed by atoms with Crippen LogP contribution in [0.5, 0.6) is 0 Å². The van der Waals surface area contributed by atoms with Crippen LogP contribution in [0.3, 0.4) is 0 Å². The standard InChI is InChI=1S/C7H6ClNO5S/c1-4-2-5(8)3-6(15(12,13)14)7(4)9(10)11/h2-3H,1H3,(H,12,13,14). The van der Waals surface area contributed by atoms with Crippen LogP contribution in [-0.4, -0.2) is 17.9 Å². The molecule has 0 spiro atoms. The predicted molar refractivity (Wildman–Crippen MR) is 52.7 cm³/mol. The van der Waals surface area contributed by atoms with Crippen LogP contribution in [0.4, 0.5) is 5.69 Å². The summed E-state index contributed by atoms with van der Waals surface area (Å²) in [5, 5.41) is 10.6. The lowest BCUT2D eigenvalue weighted by atomic mass is 10.2. The van der Waals surface area contributed by atoms with Gasteiger partial charge in [0.1, 0.15) is 0 Å². The number of aryl methyl sites for hydroxylation is 1. The Balaban J connectivity index is 3.70. The zero-order chi connectivity index (χ0) is 11.8. The molecule has 0 aliphatic heterocycles. The molecule has 0 unspecified atom stereocenters. The van der Waals surface area contributed by atoms with Crippen molar-refractivity contribution < 1.29 is 17.9 Å². The number of rotatable bonds is 2. The molecular weight excluding hydrogens is 246 g/mol. The fourth-order valence-electron chi connectivity index (χ4n) is 1.14. The second-order valence-electron chi connectivity index (χ2n) is 2.80. The predicted octanol–water partition coefficient (Wildman–Crippen LogP) is 1.80. The average Bonchev–Trinajstić information content (AvgIpc) is 1.99. The first-order valence-corrected chi connectivity index (χ1v) is 5.47. The van der Waals surface area contributed by atoms with Gasteiger partial charge in [0, 0.05) is 10.6 Å². The Labute approximate surface area is 90.4 Å². The first-order chi connectivity index (χ1) is 6.73. The van der Waals surface area contributed by atoms with Gasteiger partial charge in [0.05, 0.1) is 4.92 Å². The van der Waals surface area contributed by atoms with E-state index in [9.17, 15) is 18.5 Å². The minimum Gasteiger partial charge on any atom is -0.282 e. The molecule has 0 amide bonds. The molecule has 0 aliphatic carbocycles. The lowest BCUT2D eigenvalue weighted by Crippen LogP contribution is -2.05. The molecule has 0 fully saturated rings. The highest BCUT2D eigenvalue weighted by Crippen LogP contribution is 2.30. The zero-order valence-electron chi connectivity index (χ0n) is 7.47. The molecule has 8 heteroatoms. The van der Waals surface area contributed by atoms with Crippen LogP contribution in [0.25, 0.3) is 0 Å². The maximum Gasteiger partial charge on any atom is 0.301 e. The normalized spacial score (nSPS) is 11.4. The fourth-order valence-corrected chi connectivity index (χ4v) is 2.23. The van der Waals surface area contributed by atoms with Crippen LogP contribution in [0.1, 0.15) is 5.56 Å². The Morgan fingerprint density at radius 2 is 2.00 bits per heavy atom. The lowest BCUT2D eigenvalue weighted by molar-refractivity contribution is -0.388. The highest BCUT2D eigenvalue weighted by molar-refractivity contribution is 7.86. The summed E-state index contributed by atoms with van der Waals surface area (Å²) in [5.41, 5.74) is -0.595. The number of halogens is 1. The van der Waals surface area contributed by atoms with E-state index in [-0.39, 0.29) is 10.6 Å². The summed E-state index contributed by atoms with van der Waals surface area (Å²) in [6.07, 6.45) is 0. The van der Waals surface area contributed by atoms with Crippen molar-refractivity contribution in [3.63, 3.8) is 0 Å². The molecule has 0 atom stereocenters.